The second-order valence-corrected chi connectivity index (χ2v) is 8.09. The van der Waals surface area contributed by atoms with Gasteiger partial charge in [0.1, 0.15) is 0 Å². The van der Waals surface area contributed by atoms with E-state index in [1.807, 2.05) is 11.9 Å². The molecule has 7 heteroatoms. The van der Waals surface area contributed by atoms with Crippen LogP contribution in [0.2, 0.25) is 0 Å². The van der Waals surface area contributed by atoms with Crippen molar-refractivity contribution >= 4 is 35.8 Å². The first-order valence-corrected chi connectivity index (χ1v) is 10.6. The molecule has 0 saturated carbocycles. The molecule has 1 unspecified atom stereocenters. The van der Waals surface area contributed by atoms with Crippen LogP contribution in [-0.2, 0) is 4.79 Å². The number of carbonyl (C=O) groups is 1. The van der Waals surface area contributed by atoms with Crippen molar-refractivity contribution in [2.45, 2.75) is 32.6 Å². The van der Waals surface area contributed by atoms with Gasteiger partial charge in [-0.1, -0.05) is 36.8 Å². The molecule has 2 saturated heterocycles. The maximum atomic E-state index is 12.4. The molecule has 162 valence electrons. The zero-order valence-corrected chi connectivity index (χ0v) is 20.4. The molecule has 2 aliphatic rings. The van der Waals surface area contributed by atoms with Crippen molar-refractivity contribution in [3.05, 3.63) is 35.4 Å². The highest BCUT2D eigenvalue weighted by Gasteiger charge is 2.24. The van der Waals surface area contributed by atoms with E-state index in [0.717, 1.165) is 64.6 Å². The second-order valence-electron chi connectivity index (χ2n) is 8.09. The van der Waals surface area contributed by atoms with Gasteiger partial charge in [0, 0.05) is 52.9 Å². The zero-order chi connectivity index (χ0) is 19.9. The fraction of sp³-hybridized carbons (Fsp3) is 0.636. The van der Waals surface area contributed by atoms with Crippen LogP contribution in [0.4, 0.5) is 0 Å². The number of guanidine groups is 1. The molecule has 0 bridgehead atoms. The van der Waals surface area contributed by atoms with Crippen molar-refractivity contribution < 1.29 is 4.79 Å². The summed E-state index contributed by atoms with van der Waals surface area (Å²) in [5, 5.41) is 3.54. The first-order chi connectivity index (χ1) is 13.6. The van der Waals surface area contributed by atoms with Crippen molar-refractivity contribution in [2.75, 3.05) is 59.4 Å². The van der Waals surface area contributed by atoms with E-state index in [2.05, 4.69) is 58.2 Å². The predicted molar refractivity (Wildman–Crippen MR) is 130 cm³/mol. The lowest BCUT2D eigenvalue weighted by molar-refractivity contribution is -0.131. The molecule has 1 amide bonds. The summed E-state index contributed by atoms with van der Waals surface area (Å²) < 4.78 is 0. The van der Waals surface area contributed by atoms with Crippen LogP contribution in [0.3, 0.4) is 0 Å². The minimum absolute atomic E-state index is 0. The van der Waals surface area contributed by atoms with Crippen LogP contribution < -0.4 is 5.32 Å². The molecule has 0 aromatic heterocycles. The number of likely N-dealkylation sites (tertiary alicyclic amines) is 1. The molecule has 2 aliphatic heterocycles. The van der Waals surface area contributed by atoms with Gasteiger partial charge in [0.25, 0.3) is 0 Å². The highest BCUT2D eigenvalue weighted by Crippen LogP contribution is 2.16. The number of aryl methyl sites for hydroxylation is 1. The predicted octanol–water partition coefficient (Wildman–Crippen LogP) is 2.53. The molecular weight excluding hydrogens is 477 g/mol. The van der Waals surface area contributed by atoms with Gasteiger partial charge < -0.3 is 15.1 Å². The van der Waals surface area contributed by atoms with Crippen LogP contribution in [0.25, 0.3) is 0 Å². The van der Waals surface area contributed by atoms with Gasteiger partial charge in [-0.05, 0) is 31.2 Å². The number of aliphatic imine (C=N–C) groups is 1. The standard InChI is InChI=1S/C22H35N5O.HI/c1-18-7-6-8-20(15-18)19(2)16-24-22(23-3)27-13-11-25(12-14-27)17-21(28)26-9-4-5-10-26;/h6-8,15,19H,4-5,9-14,16-17H2,1-3H3,(H,23,24);1H. The number of amides is 1. The fourth-order valence-electron chi connectivity index (χ4n) is 4.05. The number of piperazine rings is 1. The van der Waals surface area contributed by atoms with E-state index in [-0.39, 0.29) is 24.0 Å². The third-order valence-corrected chi connectivity index (χ3v) is 5.88. The van der Waals surface area contributed by atoms with E-state index < -0.39 is 0 Å². The topological polar surface area (TPSA) is 51.2 Å². The molecule has 1 aromatic rings. The van der Waals surface area contributed by atoms with Gasteiger partial charge in [0.2, 0.25) is 5.91 Å². The smallest absolute Gasteiger partial charge is 0.236 e. The third-order valence-electron chi connectivity index (χ3n) is 5.88. The number of halogens is 1. The first kappa shape index (κ1) is 23.9. The summed E-state index contributed by atoms with van der Waals surface area (Å²) >= 11 is 0. The third kappa shape index (κ3) is 6.84. The van der Waals surface area contributed by atoms with Crippen molar-refractivity contribution in [3.8, 4) is 0 Å². The van der Waals surface area contributed by atoms with Gasteiger partial charge in [-0.25, -0.2) is 0 Å². The molecule has 29 heavy (non-hydrogen) atoms. The molecular formula is C22H36IN5O. The number of hydrogen-bond acceptors (Lipinski definition) is 3. The Balaban J connectivity index is 0.00000300. The number of benzene rings is 1. The quantitative estimate of drug-likeness (QED) is 0.374. The van der Waals surface area contributed by atoms with E-state index in [1.54, 1.807) is 0 Å². The molecule has 0 aliphatic carbocycles. The van der Waals surface area contributed by atoms with E-state index in [0.29, 0.717) is 18.4 Å². The average Bonchev–Trinajstić information content (AvgIpc) is 3.24. The maximum Gasteiger partial charge on any atom is 0.236 e. The molecule has 0 spiro atoms. The molecule has 1 atom stereocenters. The summed E-state index contributed by atoms with van der Waals surface area (Å²) in [4.78, 5) is 23.4. The van der Waals surface area contributed by atoms with E-state index in [1.165, 1.54) is 11.1 Å². The largest absolute Gasteiger partial charge is 0.356 e. The van der Waals surface area contributed by atoms with Crippen LogP contribution >= 0.6 is 24.0 Å². The molecule has 6 nitrogen and oxygen atoms in total. The number of rotatable bonds is 5. The minimum atomic E-state index is 0. The lowest BCUT2D eigenvalue weighted by Crippen LogP contribution is -2.54. The summed E-state index contributed by atoms with van der Waals surface area (Å²) in [6.45, 7) is 11.3. The molecule has 0 radical (unpaired) electrons. The van der Waals surface area contributed by atoms with Gasteiger partial charge in [-0.2, -0.15) is 0 Å². The summed E-state index contributed by atoms with van der Waals surface area (Å²) in [7, 11) is 1.85. The highest BCUT2D eigenvalue weighted by molar-refractivity contribution is 14.0. The van der Waals surface area contributed by atoms with E-state index >= 15 is 0 Å². The number of nitrogens with zero attached hydrogens (tertiary/aromatic N) is 4. The zero-order valence-electron chi connectivity index (χ0n) is 18.1. The Hall–Kier alpha value is -1.35. The van der Waals surface area contributed by atoms with E-state index in [9.17, 15) is 4.79 Å². The van der Waals surface area contributed by atoms with Crippen LogP contribution in [-0.4, -0.2) is 86.0 Å². The van der Waals surface area contributed by atoms with Crippen molar-refractivity contribution in [3.63, 3.8) is 0 Å². The lowest BCUT2D eigenvalue weighted by atomic mass is 9.99. The molecule has 1 aromatic carbocycles. The Kier molecular flexibility index (Phi) is 9.68. The molecule has 3 rings (SSSR count). The lowest BCUT2D eigenvalue weighted by Gasteiger charge is -2.37. The van der Waals surface area contributed by atoms with Gasteiger partial charge in [0.15, 0.2) is 5.96 Å². The summed E-state index contributed by atoms with van der Waals surface area (Å²) in [6, 6.07) is 8.71. The Morgan fingerprint density at radius 2 is 1.79 bits per heavy atom. The van der Waals surface area contributed by atoms with Gasteiger partial charge in [-0.15, -0.1) is 24.0 Å². The Morgan fingerprint density at radius 1 is 1.10 bits per heavy atom. The van der Waals surface area contributed by atoms with Crippen molar-refractivity contribution in [1.29, 1.82) is 0 Å². The van der Waals surface area contributed by atoms with Crippen molar-refractivity contribution in [2.24, 2.45) is 4.99 Å². The summed E-state index contributed by atoms with van der Waals surface area (Å²) in [5.41, 5.74) is 2.65. The van der Waals surface area contributed by atoms with Crippen LogP contribution in [0.5, 0.6) is 0 Å². The van der Waals surface area contributed by atoms with Gasteiger partial charge in [-0.3, -0.25) is 14.7 Å². The monoisotopic (exact) mass is 513 g/mol. The second kappa shape index (κ2) is 11.7. The summed E-state index contributed by atoms with van der Waals surface area (Å²) in [6.07, 6.45) is 2.31. The Morgan fingerprint density at radius 3 is 2.41 bits per heavy atom. The van der Waals surface area contributed by atoms with Gasteiger partial charge >= 0.3 is 0 Å². The molecule has 2 fully saturated rings. The van der Waals surface area contributed by atoms with Crippen LogP contribution in [0.1, 0.15) is 36.8 Å². The Bertz CT molecular complexity index is 682. The molecule has 1 N–H and O–H groups in total. The van der Waals surface area contributed by atoms with Crippen LogP contribution in [0, 0.1) is 6.92 Å². The average molecular weight is 513 g/mol. The fourth-order valence-corrected chi connectivity index (χ4v) is 4.05. The normalized spacial score (nSPS) is 19.1. The number of hydrogen-bond donors (Lipinski definition) is 1. The minimum Gasteiger partial charge on any atom is -0.356 e. The highest BCUT2D eigenvalue weighted by atomic mass is 127. The maximum absolute atomic E-state index is 12.4. The first-order valence-electron chi connectivity index (χ1n) is 10.6. The number of carbonyl (C=O) groups excluding carboxylic acids is 1. The molecule has 2 heterocycles. The Labute approximate surface area is 192 Å². The number of nitrogens with one attached hydrogen (secondary N) is 1. The summed E-state index contributed by atoms with van der Waals surface area (Å²) in [5.74, 6) is 1.68. The van der Waals surface area contributed by atoms with Crippen molar-refractivity contribution in [1.82, 2.24) is 20.0 Å². The SMILES string of the molecule is CN=C(NCC(C)c1cccc(C)c1)N1CCN(CC(=O)N2CCCC2)CC1.I. The van der Waals surface area contributed by atoms with E-state index in [4.69, 9.17) is 0 Å². The van der Waals surface area contributed by atoms with Crippen LogP contribution in [0.15, 0.2) is 29.3 Å². The van der Waals surface area contributed by atoms with Gasteiger partial charge in [0.05, 0.1) is 6.54 Å².